The SMILES string of the molecule is CC(=O)O[C@@]1(O)C[C@@H](C)CC[C@@H]1C(C)C. The Labute approximate surface area is 91.8 Å². The van der Waals surface area contributed by atoms with Crippen LogP contribution in [0.5, 0.6) is 0 Å². The van der Waals surface area contributed by atoms with Crippen LogP contribution in [0.1, 0.15) is 47.0 Å². The Balaban J connectivity index is 2.80. The molecule has 0 radical (unpaired) electrons. The molecule has 0 aromatic heterocycles. The van der Waals surface area contributed by atoms with Crippen molar-refractivity contribution >= 4 is 5.97 Å². The van der Waals surface area contributed by atoms with Gasteiger partial charge in [0.1, 0.15) is 0 Å². The topological polar surface area (TPSA) is 46.5 Å². The number of hydrogen-bond acceptors (Lipinski definition) is 3. The van der Waals surface area contributed by atoms with Gasteiger partial charge in [-0.1, -0.05) is 20.8 Å². The molecule has 88 valence electrons. The zero-order chi connectivity index (χ0) is 11.6. The van der Waals surface area contributed by atoms with Crippen molar-refractivity contribution in [2.45, 2.75) is 52.7 Å². The number of esters is 1. The third-order valence-electron chi connectivity index (χ3n) is 3.32. The van der Waals surface area contributed by atoms with Crippen LogP contribution in [0.3, 0.4) is 0 Å². The molecule has 0 spiro atoms. The summed E-state index contributed by atoms with van der Waals surface area (Å²) in [6.45, 7) is 7.57. The van der Waals surface area contributed by atoms with Gasteiger partial charge in [0, 0.05) is 19.3 Å². The Bertz CT molecular complexity index is 237. The molecule has 1 fully saturated rings. The first-order chi connectivity index (χ1) is 6.85. The van der Waals surface area contributed by atoms with Gasteiger partial charge in [-0.15, -0.1) is 0 Å². The molecule has 0 saturated heterocycles. The molecular weight excluding hydrogens is 192 g/mol. The summed E-state index contributed by atoms with van der Waals surface area (Å²) in [7, 11) is 0. The van der Waals surface area contributed by atoms with E-state index >= 15 is 0 Å². The van der Waals surface area contributed by atoms with Crippen LogP contribution < -0.4 is 0 Å². The summed E-state index contributed by atoms with van der Waals surface area (Å²) in [5, 5.41) is 10.4. The molecule has 0 bridgehead atoms. The second-order valence-corrected chi connectivity index (χ2v) is 5.18. The number of rotatable bonds is 2. The van der Waals surface area contributed by atoms with Crippen molar-refractivity contribution in [2.75, 3.05) is 0 Å². The van der Waals surface area contributed by atoms with Gasteiger partial charge >= 0.3 is 5.97 Å². The number of ether oxygens (including phenoxy) is 1. The molecule has 1 aliphatic rings. The molecule has 1 aliphatic carbocycles. The van der Waals surface area contributed by atoms with Crippen molar-refractivity contribution in [3.8, 4) is 0 Å². The summed E-state index contributed by atoms with van der Waals surface area (Å²) in [6.07, 6.45) is 2.60. The summed E-state index contributed by atoms with van der Waals surface area (Å²) < 4.78 is 5.14. The van der Waals surface area contributed by atoms with Gasteiger partial charge in [0.15, 0.2) is 0 Å². The average Bonchev–Trinajstić information content (AvgIpc) is 1.99. The first kappa shape index (κ1) is 12.5. The fourth-order valence-corrected chi connectivity index (χ4v) is 2.66. The van der Waals surface area contributed by atoms with Crippen molar-refractivity contribution < 1.29 is 14.6 Å². The predicted molar refractivity (Wildman–Crippen MR) is 58.1 cm³/mol. The van der Waals surface area contributed by atoms with Crippen LogP contribution in [0.4, 0.5) is 0 Å². The van der Waals surface area contributed by atoms with E-state index in [0.29, 0.717) is 18.3 Å². The van der Waals surface area contributed by atoms with Gasteiger partial charge in [0.2, 0.25) is 5.79 Å². The van der Waals surface area contributed by atoms with Crippen molar-refractivity contribution in [2.24, 2.45) is 17.8 Å². The summed E-state index contributed by atoms with van der Waals surface area (Å²) >= 11 is 0. The molecule has 3 heteroatoms. The predicted octanol–water partition coefficient (Wildman–Crippen LogP) is 2.33. The minimum atomic E-state index is -1.24. The fraction of sp³-hybridized carbons (Fsp3) is 0.917. The normalized spacial score (nSPS) is 36.7. The Morgan fingerprint density at radius 1 is 1.47 bits per heavy atom. The maximum absolute atomic E-state index is 11.0. The Hall–Kier alpha value is -0.570. The molecule has 3 atom stereocenters. The molecule has 0 heterocycles. The highest BCUT2D eigenvalue weighted by Crippen LogP contribution is 2.41. The van der Waals surface area contributed by atoms with Gasteiger partial charge in [0.25, 0.3) is 0 Å². The van der Waals surface area contributed by atoms with E-state index in [1.54, 1.807) is 0 Å². The highest BCUT2D eigenvalue weighted by Gasteiger charge is 2.45. The van der Waals surface area contributed by atoms with Gasteiger partial charge in [-0.05, 0) is 24.7 Å². The largest absolute Gasteiger partial charge is 0.433 e. The van der Waals surface area contributed by atoms with Crippen molar-refractivity contribution in [1.29, 1.82) is 0 Å². The molecule has 0 unspecified atom stereocenters. The second-order valence-electron chi connectivity index (χ2n) is 5.18. The molecule has 0 aromatic carbocycles. The van der Waals surface area contributed by atoms with Crippen LogP contribution in [0.25, 0.3) is 0 Å². The third kappa shape index (κ3) is 2.94. The first-order valence-electron chi connectivity index (χ1n) is 5.77. The van der Waals surface area contributed by atoms with Gasteiger partial charge in [-0.3, -0.25) is 4.79 Å². The van der Waals surface area contributed by atoms with Crippen LogP contribution in [-0.2, 0) is 9.53 Å². The molecule has 3 nitrogen and oxygen atoms in total. The summed E-state index contributed by atoms with van der Waals surface area (Å²) in [5.74, 6) is -0.807. The number of carbonyl (C=O) groups excluding carboxylic acids is 1. The third-order valence-corrected chi connectivity index (χ3v) is 3.32. The molecule has 1 N–H and O–H groups in total. The van der Waals surface area contributed by atoms with Crippen molar-refractivity contribution in [1.82, 2.24) is 0 Å². The van der Waals surface area contributed by atoms with Gasteiger partial charge < -0.3 is 9.84 Å². The van der Waals surface area contributed by atoms with Crippen LogP contribution >= 0.6 is 0 Å². The van der Waals surface area contributed by atoms with Crippen molar-refractivity contribution in [3.63, 3.8) is 0 Å². The quantitative estimate of drug-likeness (QED) is 0.567. The lowest BCUT2D eigenvalue weighted by atomic mass is 9.73. The Kier molecular flexibility index (Phi) is 3.77. The molecule has 15 heavy (non-hydrogen) atoms. The summed E-state index contributed by atoms with van der Waals surface area (Å²) in [4.78, 5) is 11.0. The standard InChI is InChI=1S/C12H22O3/c1-8(2)11-6-5-9(3)7-12(11,14)15-10(4)13/h8-9,11,14H,5-7H2,1-4H3/t9-,11+,12-/m0/s1. The highest BCUT2D eigenvalue weighted by atomic mass is 16.7. The zero-order valence-corrected chi connectivity index (χ0v) is 10.1. The van der Waals surface area contributed by atoms with E-state index in [4.69, 9.17) is 4.74 Å². The van der Waals surface area contributed by atoms with E-state index < -0.39 is 11.8 Å². The van der Waals surface area contributed by atoms with E-state index in [-0.39, 0.29) is 5.92 Å². The summed E-state index contributed by atoms with van der Waals surface area (Å²) in [6, 6.07) is 0. The zero-order valence-electron chi connectivity index (χ0n) is 10.1. The lowest BCUT2D eigenvalue weighted by Crippen LogP contribution is -2.48. The number of aliphatic hydroxyl groups is 1. The highest BCUT2D eigenvalue weighted by molar-refractivity contribution is 5.66. The van der Waals surface area contributed by atoms with E-state index in [9.17, 15) is 9.90 Å². The smallest absolute Gasteiger partial charge is 0.305 e. The fourth-order valence-electron chi connectivity index (χ4n) is 2.66. The average molecular weight is 214 g/mol. The van der Waals surface area contributed by atoms with E-state index in [1.165, 1.54) is 6.92 Å². The maximum atomic E-state index is 11.0. The second kappa shape index (κ2) is 4.52. The van der Waals surface area contributed by atoms with Gasteiger partial charge in [-0.25, -0.2) is 0 Å². The minimum Gasteiger partial charge on any atom is -0.433 e. The summed E-state index contributed by atoms with van der Waals surface area (Å²) in [5.41, 5.74) is 0. The van der Waals surface area contributed by atoms with E-state index in [1.807, 2.05) is 0 Å². The van der Waals surface area contributed by atoms with E-state index in [0.717, 1.165) is 12.8 Å². The van der Waals surface area contributed by atoms with Crippen LogP contribution in [0.2, 0.25) is 0 Å². The Morgan fingerprint density at radius 3 is 2.53 bits per heavy atom. The molecule has 0 amide bonds. The Morgan fingerprint density at radius 2 is 2.07 bits per heavy atom. The number of carbonyl (C=O) groups is 1. The van der Waals surface area contributed by atoms with Crippen LogP contribution in [-0.4, -0.2) is 16.9 Å². The molecule has 1 rings (SSSR count). The molecule has 0 aromatic rings. The van der Waals surface area contributed by atoms with Gasteiger partial charge in [0.05, 0.1) is 0 Å². The molecule has 1 saturated carbocycles. The molecule has 0 aliphatic heterocycles. The van der Waals surface area contributed by atoms with Crippen LogP contribution in [0, 0.1) is 17.8 Å². The lowest BCUT2D eigenvalue weighted by molar-refractivity contribution is -0.254. The van der Waals surface area contributed by atoms with Gasteiger partial charge in [-0.2, -0.15) is 0 Å². The monoisotopic (exact) mass is 214 g/mol. The van der Waals surface area contributed by atoms with Crippen molar-refractivity contribution in [3.05, 3.63) is 0 Å². The molecular formula is C12H22O3. The maximum Gasteiger partial charge on any atom is 0.305 e. The van der Waals surface area contributed by atoms with E-state index in [2.05, 4.69) is 20.8 Å². The first-order valence-corrected chi connectivity index (χ1v) is 5.77. The lowest BCUT2D eigenvalue weighted by Gasteiger charge is -2.43. The number of hydrogen-bond donors (Lipinski definition) is 1. The van der Waals surface area contributed by atoms with Crippen LogP contribution in [0.15, 0.2) is 0 Å². The minimum absolute atomic E-state index is 0.0672.